The molecule has 2 fully saturated rings. The van der Waals surface area contributed by atoms with E-state index in [0.717, 1.165) is 0 Å². The summed E-state index contributed by atoms with van der Waals surface area (Å²) in [6.45, 7) is 26.4. The average molecular weight is 442 g/mol. The van der Waals surface area contributed by atoms with Gasteiger partial charge in [-0.1, -0.05) is 41.5 Å². The zero-order valence-corrected chi connectivity index (χ0v) is 22.7. The van der Waals surface area contributed by atoms with E-state index in [2.05, 4.69) is 73.8 Å². The molecule has 1 heterocycles. The van der Waals surface area contributed by atoms with Crippen molar-refractivity contribution in [1.29, 1.82) is 5.26 Å². The summed E-state index contributed by atoms with van der Waals surface area (Å²) in [5.41, 5.74) is 0. The minimum absolute atomic E-state index is 0.0745. The second-order valence-corrected chi connectivity index (χ2v) is 21.8. The Morgan fingerprint density at radius 2 is 1.31 bits per heavy atom. The Morgan fingerprint density at radius 3 is 1.76 bits per heavy atom. The maximum atomic E-state index is 9.87. The zero-order valence-electron chi connectivity index (χ0n) is 20.7. The maximum Gasteiger partial charge on any atom is 0.192 e. The molecule has 1 saturated heterocycles. The third-order valence-electron chi connectivity index (χ3n) is 7.39. The molecular weight excluding hydrogens is 398 g/mol. The number of rotatable bonds is 4. The van der Waals surface area contributed by atoms with Gasteiger partial charge in [-0.15, -0.1) is 0 Å². The average Bonchev–Trinajstić information content (AvgIpc) is 2.82. The van der Waals surface area contributed by atoms with Crippen molar-refractivity contribution in [1.82, 2.24) is 0 Å². The van der Waals surface area contributed by atoms with E-state index < -0.39 is 22.4 Å². The SMILES string of the molecule is CC1(C)O[C@@H]2[C@H](O1)[C@H](C#N)C[C@H](O[Si](C)(C)C(C)(C)C)[C@H]2O[Si](C)(C)C(C)(C)C. The van der Waals surface area contributed by atoms with E-state index in [1.165, 1.54) is 0 Å². The molecule has 0 aromatic heterocycles. The molecule has 0 N–H and O–H groups in total. The molecule has 0 unspecified atom stereocenters. The Kier molecular flexibility index (Phi) is 6.66. The van der Waals surface area contributed by atoms with Gasteiger partial charge in [0.2, 0.25) is 0 Å². The van der Waals surface area contributed by atoms with Crippen molar-refractivity contribution in [2.45, 2.75) is 128 Å². The van der Waals surface area contributed by atoms with Crippen molar-refractivity contribution in [2.75, 3.05) is 0 Å². The third kappa shape index (κ3) is 5.16. The molecule has 0 bridgehead atoms. The second-order valence-electron chi connectivity index (χ2n) is 12.3. The molecule has 168 valence electrons. The molecule has 0 radical (unpaired) electrons. The van der Waals surface area contributed by atoms with Crippen molar-refractivity contribution in [3.05, 3.63) is 0 Å². The van der Waals surface area contributed by atoms with Gasteiger partial charge < -0.3 is 18.3 Å². The van der Waals surface area contributed by atoms with E-state index >= 15 is 0 Å². The molecule has 1 aliphatic heterocycles. The monoisotopic (exact) mass is 441 g/mol. The predicted octanol–water partition coefficient (Wildman–Crippen LogP) is 5.83. The van der Waals surface area contributed by atoms with Crippen LogP contribution in [0.2, 0.25) is 36.3 Å². The van der Waals surface area contributed by atoms with Gasteiger partial charge in [0.05, 0.1) is 24.2 Å². The Labute approximate surface area is 180 Å². The van der Waals surface area contributed by atoms with Crippen molar-refractivity contribution in [2.24, 2.45) is 5.92 Å². The summed E-state index contributed by atoms with van der Waals surface area (Å²) < 4.78 is 26.3. The quantitative estimate of drug-likeness (QED) is 0.514. The summed E-state index contributed by atoms with van der Waals surface area (Å²) in [6, 6.07) is 2.47. The topological polar surface area (TPSA) is 60.7 Å². The van der Waals surface area contributed by atoms with Gasteiger partial charge in [0.1, 0.15) is 12.2 Å². The largest absolute Gasteiger partial charge is 0.411 e. The van der Waals surface area contributed by atoms with E-state index in [4.69, 9.17) is 18.3 Å². The van der Waals surface area contributed by atoms with E-state index in [9.17, 15) is 5.26 Å². The number of nitrogens with zero attached hydrogens (tertiary/aromatic N) is 1. The van der Waals surface area contributed by atoms with E-state index in [1.54, 1.807) is 0 Å². The van der Waals surface area contributed by atoms with Gasteiger partial charge in [-0.05, 0) is 56.5 Å². The highest BCUT2D eigenvalue weighted by molar-refractivity contribution is 6.74. The van der Waals surface area contributed by atoms with E-state index in [1.807, 2.05) is 13.8 Å². The molecule has 5 nitrogen and oxygen atoms in total. The fraction of sp³-hybridized carbons (Fsp3) is 0.955. The molecule has 0 amide bonds. The number of nitriles is 1. The second kappa shape index (κ2) is 7.72. The summed E-state index contributed by atoms with van der Waals surface area (Å²) >= 11 is 0. The van der Waals surface area contributed by atoms with Crippen molar-refractivity contribution in [3.8, 4) is 6.07 Å². The van der Waals surface area contributed by atoms with Crippen LogP contribution in [0.15, 0.2) is 0 Å². The van der Waals surface area contributed by atoms with Gasteiger partial charge in [-0.2, -0.15) is 5.26 Å². The van der Waals surface area contributed by atoms with Gasteiger partial charge >= 0.3 is 0 Å². The first kappa shape index (κ1) is 25.0. The van der Waals surface area contributed by atoms with Crippen molar-refractivity contribution in [3.63, 3.8) is 0 Å². The van der Waals surface area contributed by atoms with Gasteiger partial charge in [0.25, 0.3) is 0 Å². The molecule has 0 aromatic rings. The van der Waals surface area contributed by atoms with Gasteiger partial charge in [0.15, 0.2) is 22.4 Å². The zero-order chi connectivity index (χ0) is 22.6. The highest BCUT2D eigenvalue weighted by atomic mass is 28.4. The first-order valence-corrected chi connectivity index (χ1v) is 16.7. The molecule has 5 atom stereocenters. The highest BCUT2D eigenvalue weighted by Gasteiger charge is 2.58. The number of fused-ring (bicyclic) bond motifs is 1. The molecule has 2 rings (SSSR count). The molecule has 0 spiro atoms. The molecule has 1 saturated carbocycles. The Morgan fingerprint density at radius 1 is 0.862 bits per heavy atom. The number of ether oxygens (including phenoxy) is 2. The summed E-state index contributed by atoms with van der Waals surface area (Å²) in [7, 11) is -4.12. The minimum Gasteiger partial charge on any atom is -0.411 e. The van der Waals surface area contributed by atoms with Crippen LogP contribution < -0.4 is 0 Å². The summed E-state index contributed by atoms with van der Waals surface area (Å²) in [5, 5.41) is 10.0. The van der Waals surface area contributed by atoms with Crippen LogP contribution in [-0.4, -0.2) is 46.8 Å². The van der Waals surface area contributed by atoms with Crippen LogP contribution in [0.3, 0.4) is 0 Å². The smallest absolute Gasteiger partial charge is 0.192 e. The van der Waals surface area contributed by atoms with Crippen LogP contribution >= 0.6 is 0 Å². The summed E-state index contributed by atoms with van der Waals surface area (Å²) in [5.74, 6) is -0.971. The Balaban J connectivity index is 2.44. The summed E-state index contributed by atoms with van der Waals surface area (Å²) in [4.78, 5) is 0. The van der Waals surface area contributed by atoms with Crippen LogP contribution in [0.1, 0.15) is 61.8 Å². The summed E-state index contributed by atoms with van der Waals surface area (Å²) in [6.07, 6.45) is -0.311. The first-order valence-electron chi connectivity index (χ1n) is 10.9. The fourth-order valence-corrected chi connectivity index (χ4v) is 6.23. The lowest BCUT2D eigenvalue weighted by Crippen LogP contribution is -2.61. The third-order valence-corrected chi connectivity index (χ3v) is 16.4. The lowest BCUT2D eigenvalue weighted by molar-refractivity contribution is -0.156. The van der Waals surface area contributed by atoms with Gasteiger partial charge in [-0.3, -0.25) is 0 Å². The molecule has 7 heteroatoms. The van der Waals surface area contributed by atoms with Crippen LogP contribution in [0.25, 0.3) is 0 Å². The molecule has 29 heavy (non-hydrogen) atoms. The van der Waals surface area contributed by atoms with Crippen LogP contribution in [0.4, 0.5) is 0 Å². The molecule has 2 aliphatic rings. The highest BCUT2D eigenvalue weighted by Crippen LogP contribution is 2.47. The fourth-order valence-electron chi connectivity index (χ4n) is 3.57. The minimum atomic E-state index is -2.08. The molecular formula is C22H43NO4Si2. The Bertz CT molecular complexity index is 643. The maximum absolute atomic E-state index is 9.87. The van der Waals surface area contributed by atoms with Crippen LogP contribution in [-0.2, 0) is 18.3 Å². The molecule has 1 aliphatic carbocycles. The number of hydrogen-bond acceptors (Lipinski definition) is 5. The normalized spacial score (nSPS) is 33.3. The van der Waals surface area contributed by atoms with Crippen LogP contribution in [0, 0.1) is 17.2 Å². The number of hydrogen-bond donors (Lipinski definition) is 0. The molecule has 0 aromatic carbocycles. The van der Waals surface area contributed by atoms with Crippen molar-refractivity contribution >= 4 is 16.6 Å². The van der Waals surface area contributed by atoms with Gasteiger partial charge in [0, 0.05) is 0 Å². The van der Waals surface area contributed by atoms with Crippen molar-refractivity contribution < 1.29 is 18.3 Å². The lowest BCUT2D eigenvalue weighted by atomic mass is 9.82. The standard InChI is InChI=1S/C22H43NO4Si2/c1-20(2,3)28(9,10)26-16-13-15(14-23)17-19(25-22(7,8)24-17)18(16)27-29(11,12)21(4,5)6/h15-19H,13H2,1-12H3/t15-,16-,17+,18+,19+/m0/s1. The van der Waals surface area contributed by atoms with Crippen LogP contribution in [0.5, 0.6) is 0 Å². The first-order chi connectivity index (χ1) is 12.8. The van der Waals surface area contributed by atoms with E-state index in [-0.39, 0.29) is 40.4 Å². The Hall–Kier alpha value is -0.236. The van der Waals surface area contributed by atoms with Gasteiger partial charge in [-0.25, -0.2) is 0 Å². The predicted molar refractivity (Wildman–Crippen MR) is 122 cm³/mol. The lowest BCUT2D eigenvalue weighted by Gasteiger charge is -2.49. The van der Waals surface area contributed by atoms with E-state index in [0.29, 0.717) is 6.42 Å².